The van der Waals surface area contributed by atoms with E-state index in [4.69, 9.17) is 16.3 Å². The van der Waals surface area contributed by atoms with Gasteiger partial charge in [-0.15, -0.1) is 12.4 Å². The third kappa shape index (κ3) is 9.80. The van der Waals surface area contributed by atoms with E-state index in [1.807, 2.05) is 37.3 Å². The van der Waals surface area contributed by atoms with Crippen LogP contribution in [0.15, 0.2) is 66.7 Å². The second kappa shape index (κ2) is 15.5. The van der Waals surface area contributed by atoms with E-state index in [9.17, 15) is 13.2 Å². The first-order valence-electron chi connectivity index (χ1n) is 14.0. The molecule has 3 aromatic carbocycles. The number of halogens is 2. The number of unbranched alkanes of at least 4 members (excludes halogenated alkanes) is 1. The van der Waals surface area contributed by atoms with E-state index in [2.05, 4.69) is 34.0 Å². The van der Waals surface area contributed by atoms with Gasteiger partial charge in [0.1, 0.15) is 11.5 Å². The molecule has 0 atom stereocenters. The van der Waals surface area contributed by atoms with Crippen LogP contribution in [0.5, 0.6) is 11.5 Å². The highest BCUT2D eigenvalue weighted by Crippen LogP contribution is 2.30. The lowest BCUT2D eigenvalue weighted by Gasteiger charge is -2.34. The zero-order valence-corrected chi connectivity index (χ0v) is 26.7. The molecule has 1 aliphatic heterocycles. The highest BCUT2D eigenvalue weighted by atomic mass is 35.5. The number of likely N-dealkylation sites (tertiary alicyclic amines) is 1. The summed E-state index contributed by atoms with van der Waals surface area (Å²) in [6, 6.07) is 20.6. The van der Waals surface area contributed by atoms with E-state index < -0.39 is 10.0 Å². The van der Waals surface area contributed by atoms with Gasteiger partial charge in [-0.2, -0.15) is 0 Å². The van der Waals surface area contributed by atoms with Crippen molar-refractivity contribution in [3.8, 4) is 11.5 Å². The number of sulfonamides is 1. The fraction of sp³-hybridized carbons (Fsp3) is 0.387. The van der Waals surface area contributed by atoms with Gasteiger partial charge >= 0.3 is 6.03 Å². The predicted octanol–water partition coefficient (Wildman–Crippen LogP) is 7.21. The number of anilines is 2. The molecule has 11 heteroatoms. The topological polar surface area (TPSA) is 91.0 Å². The smallest absolute Gasteiger partial charge is 0.322 e. The first-order chi connectivity index (χ1) is 19.6. The predicted molar refractivity (Wildman–Crippen MR) is 174 cm³/mol. The molecular formula is C31H40Cl2N4O4S. The standard InChI is InChI=1S/C31H39ClN4O4S.ClH/c1-4-5-19-36(30-23(2)7-6-8-29(30)32)31(37)33-25-17-20-35(21-18-25)22-24-9-13-27(14-10-24)40-28-15-11-26(12-16-28)34-41(3,38)39;/h6-16,25,34H,4-5,17-22H2,1-3H3,(H,33,37);1H. The summed E-state index contributed by atoms with van der Waals surface area (Å²) in [5, 5.41) is 3.86. The Hall–Kier alpha value is -2.98. The Labute approximate surface area is 260 Å². The molecule has 228 valence electrons. The fourth-order valence-corrected chi connectivity index (χ4v) is 5.83. The number of urea groups is 1. The summed E-state index contributed by atoms with van der Waals surface area (Å²) in [5.74, 6) is 1.33. The van der Waals surface area contributed by atoms with Crippen molar-refractivity contribution in [3.63, 3.8) is 0 Å². The van der Waals surface area contributed by atoms with Gasteiger partial charge in [0.05, 0.1) is 17.0 Å². The Balaban J connectivity index is 0.00000484. The van der Waals surface area contributed by atoms with Crippen LogP contribution < -0.4 is 19.7 Å². The number of aryl methyl sites for hydroxylation is 1. The molecule has 1 aliphatic rings. The SMILES string of the molecule is CCCCN(C(=O)NC1CCN(Cc2ccc(Oc3ccc(NS(C)(=O)=O)cc3)cc2)CC1)c1c(C)cccc1Cl.Cl. The Morgan fingerprint density at radius 1 is 1.02 bits per heavy atom. The van der Waals surface area contributed by atoms with Gasteiger partial charge in [-0.05, 0) is 79.8 Å². The van der Waals surface area contributed by atoms with Crippen LogP contribution in [0.3, 0.4) is 0 Å². The first-order valence-corrected chi connectivity index (χ1v) is 16.3. The summed E-state index contributed by atoms with van der Waals surface area (Å²) in [6.07, 6.45) is 4.80. The van der Waals surface area contributed by atoms with Gasteiger partial charge in [0.15, 0.2) is 0 Å². The highest BCUT2D eigenvalue weighted by Gasteiger charge is 2.25. The number of carbonyl (C=O) groups is 1. The van der Waals surface area contributed by atoms with Crippen LogP contribution >= 0.6 is 24.0 Å². The van der Waals surface area contributed by atoms with Gasteiger partial charge < -0.3 is 10.1 Å². The fourth-order valence-electron chi connectivity index (χ4n) is 4.95. The van der Waals surface area contributed by atoms with Crippen LogP contribution in [0.2, 0.25) is 5.02 Å². The quantitative estimate of drug-likeness (QED) is 0.232. The lowest BCUT2D eigenvalue weighted by Crippen LogP contribution is -2.49. The van der Waals surface area contributed by atoms with Crippen molar-refractivity contribution in [1.29, 1.82) is 0 Å². The lowest BCUT2D eigenvalue weighted by molar-refractivity contribution is 0.188. The largest absolute Gasteiger partial charge is 0.457 e. The van der Waals surface area contributed by atoms with Crippen molar-refractivity contribution in [2.24, 2.45) is 0 Å². The minimum absolute atomic E-state index is 0. The van der Waals surface area contributed by atoms with Gasteiger partial charge in [0.25, 0.3) is 0 Å². The van der Waals surface area contributed by atoms with Crippen molar-refractivity contribution < 1.29 is 17.9 Å². The molecule has 42 heavy (non-hydrogen) atoms. The number of piperidine rings is 1. The van der Waals surface area contributed by atoms with Crippen LogP contribution in [-0.4, -0.2) is 51.3 Å². The van der Waals surface area contributed by atoms with Gasteiger partial charge in [-0.25, -0.2) is 13.2 Å². The van der Waals surface area contributed by atoms with E-state index in [1.165, 1.54) is 5.56 Å². The maximum atomic E-state index is 13.3. The zero-order valence-electron chi connectivity index (χ0n) is 24.3. The third-order valence-corrected chi connectivity index (χ3v) is 7.99. The van der Waals surface area contributed by atoms with Crippen molar-refractivity contribution in [2.45, 2.75) is 52.1 Å². The molecule has 4 rings (SSSR count). The maximum Gasteiger partial charge on any atom is 0.322 e. The van der Waals surface area contributed by atoms with E-state index in [0.29, 0.717) is 28.8 Å². The molecule has 0 bridgehead atoms. The van der Waals surface area contributed by atoms with Crippen LogP contribution in [0, 0.1) is 6.92 Å². The third-order valence-electron chi connectivity index (χ3n) is 7.08. The average molecular weight is 636 g/mol. The Bertz CT molecular complexity index is 1390. The van der Waals surface area contributed by atoms with Gasteiger partial charge in [-0.1, -0.05) is 49.2 Å². The summed E-state index contributed by atoms with van der Waals surface area (Å²) in [6.45, 7) is 7.37. The molecule has 1 saturated heterocycles. The van der Waals surface area contributed by atoms with Crippen molar-refractivity contribution in [3.05, 3.63) is 82.9 Å². The van der Waals surface area contributed by atoms with E-state index >= 15 is 0 Å². The Morgan fingerprint density at radius 2 is 1.64 bits per heavy atom. The molecule has 0 unspecified atom stereocenters. The maximum absolute atomic E-state index is 13.3. The Morgan fingerprint density at radius 3 is 2.21 bits per heavy atom. The van der Waals surface area contributed by atoms with Crippen LogP contribution in [0.1, 0.15) is 43.7 Å². The second-order valence-electron chi connectivity index (χ2n) is 10.6. The molecule has 3 aromatic rings. The van der Waals surface area contributed by atoms with E-state index in [1.54, 1.807) is 29.2 Å². The van der Waals surface area contributed by atoms with E-state index in [-0.39, 0.29) is 24.5 Å². The Kier molecular flexibility index (Phi) is 12.4. The van der Waals surface area contributed by atoms with Gasteiger partial charge in [0.2, 0.25) is 10.0 Å². The molecule has 2 amide bonds. The molecule has 0 aliphatic carbocycles. The van der Waals surface area contributed by atoms with Crippen LogP contribution in [-0.2, 0) is 16.6 Å². The van der Waals surface area contributed by atoms with E-state index in [0.717, 1.165) is 62.8 Å². The summed E-state index contributed by atoms with van der Waals surface area (Å²) < 4.78 is 31.1. The lowest BCUT2D eigenvalue weighted by atomic mass is 10.0. The number of benzene rings is 3. The number of para-hydroxylation sites is 1. The molecule has 2 N–H and O–H groups in total. The minimum atomic E-state index is -3.31. The highest BCUT2D eigenvalue weighted by molar-refractivity contribution is 7.92. The molecule has 1 fully saturated rings. The number of hydrogen-bond donors (Lipinski definition) is 2. The van der Waals surface area contributed by atoms with Gasteiger partial charge in [-0.3, -0.25) is 14.5 Å². The molecule has 0 aromatic heterocycles. The summed E-state index contributed by atoms with van der Waals surface area (Å²) >= 11 is 6.50. The van der Waals surface area contributed by atoms with Crippen molar-refractivity contribution in [1.82, 2.24) is 10.2 Å². The number of amides is 2. The average Bonchev–Trinajstić information content (AvgIpc) is 2.93. The van der Waals surface area contributed by atoms with Crippen molar-refractivity contribution in [2.75, 3.05) is 35.5 Å². The minimum Gasteiger partial charge on any atom is -0.457 e. The number of hydrogen-bond acceptors (Lipinski definition) is 5. The number of carbonyl (C=O) groups excluding carboxylic acids is 1. The number of nitrogens with zero attached hydrogens (tertiary/aromatic N) is 2. The van der Waals surface area contributed by atoms with Gasteiger partial charge in [0, 0.05) is 37.9 Å². The first kappa shape index (κ1) is 33.5. The normalized spacial score (nSPS) is 14.1. The summed E-state index contributed by atoms with van der Waals surface area (Å²) in [7, 11) is -3.31. The zero-order chi connectivity index (χ0) is 29.4. The summed E-state index contributed by atoms with van der Waals surface area (Å²) in [4.78, 5) is 17.5. The number of ether oxygens (including phenoxy) is 1. The molecule has 8 nitrogen and oxygen atoms in total. The molecule has 0 spiro atoms. The second-order valence-corrected chi connectivity index (χ2v) is 12.7. The molecule has 0 saturated carbocycles. The molecule has 1 heterocycles. The molecular weight excluding hydrogens is 595 g/mol. The van der Waals surface area contributed by atoms with Crippen molar-refractivity contribution >= 4 is 51.4 Å². The number of nitrogens with one attached hydrogen (secondary N) is 2. The summed E-state index contributed by atoms with van der Waals surface area (Å²) in [5.41, 5.74) is 3.47. The monoisotopic (exact) mass is 634 g/mol. The number of rotatable bonds is 11. The van der Waals surface area contributed by atoms with Crippen LogP contribution in [0.4, 0.5) is 16.2 Å². The molecule has 0 radical (unpaired) electrons. The van der Waals surface area contributed by atoms with Crippen LogP contribution in [0.25, 0.3) is 0 Å².